The maximum Gasteiger partial charge on any atom is 0.186 e. The number of Topliss-reactive ketones (excluding diaryl/α,β-unsaturated/α-hetero) is 1. The third kappa shape index (κ3) is 2.82. The molecule has 1 saturated heterocycles. The molecule has 0 spiro atoms. The number of carbonyl (C=O) groups is 1. The largest absolute Gasteiger partial charge is 0.394 e. The number of aliphatic hydroxyl groups is 1. The molecule has 25 heavy (non-hydrogen) atoms. The topological polar surface area (TPSA) is 84.4 Å². The number of H-pyrrole nitrogens is 1. The van der Waals surface area contributed by atoms with Gasteiger partial charge in [0.1, 0.15) is 11.8 Å². The minimum absolute atomic E-state index is 0.107. The molecule has 2 unspecified atom stereocenters. The van der Waals surface area contributed by atoms with Gasteiger partial charge in [0.2, 0.25) is 0 Å². The van der Waals surface area contributed by atoms with Gasteiger partial charge < -0.3 is 19.6 Å². The van der Waals surface area contributed by atoms with E-state index in [0.29, 0.717) is 5.69 Å². The summed E-state index contributed by atoms with van der Waals surface area (Å²) in [4.78, 5) is 20.4. The van der Waals surface area contributed by atoms with Gasteiger partial charge in [-0.25, -0.2) is 0 Å². The van der Waals surface area contributed by atoms with E-state index in [1.165, 1.54) is 0 Å². The number of rotatable bonds is 4. The van der Waals surface area contributed by atoms with E-state index in [4.69, 9.17) is 9.47 Å². The summed E-state index contributed by atoms with van der Waals surface area (Å²) in [7, 11) is 0. The summed E-state index contributed by atoms with van der Waals surface area (Å²) >= 11 is 0. The number of carbonyl (C=O) groups excluding carboxylic acids is 1. The Hall–Kier alpha value is -2.28. The molecule has 3 heterocycles. The van der Waals surface area contributed by atoms with Crippen LogP contribution in [0.25, 0.3) is 21.8 Å². The summed E-state index contributed by atoms with van der Waals surface area (Å²) in [6.45, 7) is 3.36. The fraction of sp³-hybridized carbons (Fsp3) is 0.368. The minimum atomic E-state index is -0.807. The summed E-state index contributed by atoms with van der Waals surface area (Å²) in [6, 6.07) is 9.81. The molecule has 130 valence electrons. The highest BCUT2D eigenvalue weighted by atomic mass is 16.8. The lowest BCUT2D eigenvalue weighted by atomic mass is 10.0. The van der Waals surface area contributed by atoms with Crippen molar-refractivity contribution < 1.29 is 19.4 Å². The molecule has 6 heteroatoms. The van der Waals surface area contributed by atoms with E-state index in [1.807, 2.05) is 30.3 Å². The minimum Gasteiger partial charge on any atom is -0.394 e. The van der Waals surface area contributed by atoms with Crippen molar-refractivity contribution in [2.24, 2.45) is 0 Å². The van der Waals surface area contributed by atoms with E-state index < -0.39 is 18.0 Å². The van der Waals surface area contributed by atoms with E-state index in [2.05, 4.69) is 9.97 Å². The molecule has 2 N–H and O–H groups in total. The first-order chi connectivity index (χ1) is 12.0. The van der Waals surface area contributed by atoms with E-state index in [1.54, 1.807) is 20.0 Å². The van der Waals surface area contributed by atoms with Gasteiger partial charge in [0.05, 0.1) is 18.2 Å². The Balaban J connectivity index is 1.69. The van der Waals surface area contributed by atoms with E-state index in [9.17, 15) is 9.90 Å². The first kappa shape index (κ1) is 16.2. The van der Waals surface area contributed by atoms with Gasteiger partial charge >= 0.3 is 0 Å². The molecule has 1 aromatic carbocycles. The number of aromatic amines is 1. The van der Waals surface area contributed by atoms with Crippen molar-refractivity contribution in [2.45, 2.75) is 38.3 Å². The molecule has 4 rings (SSSR count). The molecule has 6 nitrogen and oxygen atoms in total. The van der Waals surface area contributed by atoms with E-state index in [-0.39, 0.29) is 18.8 Å². The van der Waals surface area contributed by atoms with Crippen LogP contribution >= 0.6 is 0 Å². The highest BCUT2D eigenvalue weighted by Gasteiger charge is 2.42. The van der Waals surface area contributed by atoms with Crippen LogP contribution < -0.4 is 0 Å². The molecule has 1 aliphatic heterocycles. The highest BCUT2D eigenvalue weighted by molar-refractivity contribution is 6.14. The third-order valence-electron chi connectivity index (χ3n) is 4.54. The predicted octanol–water partition coefficient (Wildman–Crippen LogP) is 2.80. The number of fused-ring (bicyclic) bond motifs is 3. The van der Waals surface area contributed by atoms with Crippen LogP contribution in [-0.4, -0.2) is 45.5 Å². The number of nitrogens with zero attached hydrogens (tertiary/aromatic N) is 1. The fourth-order valence-corrected chi connectivity index (χ4v) is 3.50. The summed E-state index contributed by atoms with van der Waals surface area (Å²) in [5.74, 6) is -0.944. The molecule has 0 saturated carbocycles. The maximum atomic E-state index is 12.9. The maximum absolute atomic E-state index is 12.9. The number of aliphatic hydroxyl groups excluding tert-OH is 1. The van der Waals surface area contributed by atoms with Crippen molar-refractivity contribution in [2.75, 3.05) is 6.61 Å². The molecule has 2 atom stereocenters. The smallest absolute Gasteiger partial charge is 0.186 e. The lowest BCUT2D eigenvalue weighted by Gasteiger charge is -2.16. The number of ether oxygens (including phenoxy) is 2. The van der Waals surface area contributed by atoms with Gasteiger partial charge in [-0.2, -0.15) is 0 Å². The number of para-hydroxylation sites is 1. The predicted molar refractivity (Wildman–Crippen MR) is 93.5 cm³/mol. The number of hydrogen-bond acceptors (Lipinski definition) is 5. The second-order valence-corrected chi connectivity index (χ2v) is 6.78. The first-order valence-corrected chi connectivity index (χ1v) is 8.33. The average molecular weight is 340 g/mol. The zero-order valence-corrected chi connectivity index (χ0v) is 14.2. The lowest BCUT2D eigenvalue weighted by molar-refractivity contribution is -0.148. The van der Waals surface area contributed by atoms with Gasteiger partial charge in [-0.15, -0.1) is 0 Å². The molecule has 3 aromatic rings. The first-order valence-electron chi connectivity index (χ1n) is 8.33. The summed E-state index contributed by atoms with van der Waals surface area (Å²) in [6.07, 6.45) is 0.751. The SMILES string of the molecule is CC1(C)OC(CO)C(CC(=O)c2nccc3c2[nH]c2ccccc23)O1. The number of hydrogen-bond donors (Lipinski definition) is 2. The Morgan fingerprint density at radius 3 is 2.76 bits per heavy atom. The Bertz CT molecular complexity index is 947. The second kappa shape index (κ2) is 5.91. The normalized spacial score (nSPS) is 22.7. The van der Waals surface area contributed by atoms with E-state index in [0.717, 1.165) is 21.8 Å². The molecule has 1 fully saturated rings. The Labute approximate surface area is 144 Å². The molecule has 1 aliphatic rings. The van der Waals surface area contributed by atoms with Crippen molar-refractivity contribution in [3.63, 3.8) is 0 Å². The summed E-state index contributed by atoms with van der Waals surface area (Å²) in [5.41, 5.74) is 2.08. The van der Waals surface area contributed by atoms with Gasteiger partial charge in [0.15, 0.2) is 11.6 Å². The number of benzene rings is 1. The average Bonchev–Trinajstić information content (AvgIpc) is 3.11. The number of pyridine rings is 1. The quantitative estimate of drug-likeness (QED) is 0.714. The van der Waals surface area contributed by atoms with Crippen LogP contribution in [0.15, 0.2) is 36.5 Å². The zero-order chi connectivity index (χ0) is 17.6. The van der Waals surface area contributed by atoms with Crippen LogP contribution in [0.1, 0.15) is 30.8 Å². The molecule has 0 aliphatic carbocycles. The van der Waals surface area contributed by atoms with Crippen LogP contribution in [0.2, 0.25) is 0 Å². The summed E-state index contributed by atoms with van der Waals surface area (Å²) in [5, 5.41) is 11.5. The third-order valence-corrected chi connectivity index (χ3v) is 4.54. The van der Waals surface area contributed by atoms with Crippen LogP contribution in [0.5, 0.6) is 0 Å². The Morgan fingerprint density at radius 2 is 1.96 bits per heavy atom. The van der Waals surface area contributed by atoms with Crippen molar-refractivity contribution in [1.29, 1.82) is 0 Å². The molecule has 0 bridgehead atoms. The van der Waals surface area contributed by atoms with Crippen LogP contribution in [0, 0.1) is 0 Å². The number of nitrogens with one attached hydrogen (secondary N) is 1. The van der Waals surface area contributed by atoms with Gasteiger partial charge in [-0.3, -0.25) is 9.78 Å². The Kier molecular flexibility index (Phi) is 3.83. The highest BCUT2D eigenvalue weighted by Crippen LogP contribution is 2.32. The van der Waals surface area contributed by atoms with Crippen molar-refractivity contribution in [3.8, 4) is 0 Å². The molecular weight excluding hydrogens is 320 g/mol. The number of ketones is 1. The lowest BCUT2D eigenvalue weighted by Crippen LogP contribution is -2.29. The van der Waals surface area contributed by atoms with Gasteiger partial charge in [0.25, 0.3) is 0 Å². The van der Waals surface area contributed by atoms with Gasteiger partial charge in [-0.05, 0) is 26.0 Å². The van der Waals surface area contributed by atoms with Crippen molar-refractivity contribution in [3.05, 3.63) is 42.2 Å². The second-order valence-electron chi connectivity index (χ2n) is 6.78. The van der Waals surface area contributed by atoms with Crippen LogP contribution in [-0.2, 0) is 9.47 Å². The van der Waals surface area contributed by atoms with Crippen molar-refractivity contribution >= 4 is 27.6 Å². The van der Waals surface area contributed by atoms with E-state index >= 15 is 0 Å². The monoisotopic (exact) mass is 340 g/mol. The fourth-order valence-electron chi connectivity index (χ4n) is 3.50. The molecular formula is C19H20N2O4. The van der Waals surface area contributed by atoms with Gasteiger partial charge in [-0.1, -0.05) is 18.2 Å². The van der Waals surface area contributed by atoms with Crippen molar-refractivity contribution in [1.82, 2.24) is 9.97 Å². The standard InChI is InChI=1S/C19H20N2O4/c1-19(2)24-15(16(10-22)25-19)9-14(23)18-17-12(7-8-20-18)11-5-3-4-6-13(11)21-17/h3-8,15-16,21-22H,9-10H2,1-2H3. The molecule has 0 radical (unpaired) electrons. The Morgan fingerprint density at radius 1 is 1.20 bits per heavy atom. The van der Waals surface area contributed by atoms with Crippen LogP contribution in [0.4, 0.5) is 0 Å². The zero-order valence-electron chi connectivity index (χ0n) is 14.2. The summed E-state index contributed by atoms with van der Waals surface area (Å²) < 4.78 is 11.4. The van der Waals surface area contributed by atoms with Crippen LogP contribution in [0.3, 0.4) is 0 Å². The number of aromatic nitrogens is 2. The molecule has 2 aromatic heterocycles. The van der Waals surface area contributed by atoms with Gasteiger partial charge in [0, 0.05) is 28.9 Å². The molecule has 0 amide bonds.